The first-order valence-corrected chi connectivity index (χ1v) is 12.5. The van der Waals surface area contributed by atoms with E-state index >= 15 is 0 Å². The zero-order valence-corrected chi connectivity index (χ0v) is 21.1. The second kappa shape index (κ2) is 9.70. The number of rotatable bonds is 5. The molecule has 3 aliphatic rings. The van der Waals surface area contributed by atoms with Crippen LogP contribution in [0.4, 0.5) is 5.69 Å². The molecule has 0 radical (unpaired) electrons. The van der Waals surface area contributed by atoms with Crippen LogP contribution in [0.2, 0.25) is 0 Å². The van der Waals surface area contributed by atoms with Crippen LogP contribution < -0.4 is 24.8 Å². The lowest BCUT2D eigenvalue weighted by molar-refractivity contribution is -0.116. The van der Waals surface area contributed by atoms with Crippen molar-refractivity contribution >= 4 is 17.4 Å². The Labute approximate surface area is 220 Å². The van der Waals surface area contributed by atoms with Gasteiger partial charge < -0.3 is 24.8 Å². The lowest BCUT2D eigenvalue weighted by Crippen LogP contribution is -2.37. The number of carbonyl (C=O) groups excluding carboxylic acids is 2. The number of aromatic nitrogens is 1. The summed E-state index contributed by atoms with van der Waals surface area (Å²) < 4.78 is 16.4. The molecule has 1 aromatic heterocycles. The van der Waals surface area contributed by atoms with Gasteiger partial charge in [-0.2, -0.15) is 0 Å². The van der Waals surface area contributed by atoms with E-state index in [0.29, 0.717) is 46.9 Å². The maximum atomic E-state index is 13.8. The number of dihydropyridines is 1. The van der Waals surface area contributed by atoms with Crippen molar-refractivity contribution in [2.45, 2.75) is 31.6 Å². The minimum Gasteiger partial charge on any atom is -0.497 e. The lowest BCUT2D eigenvalue weighted by atomic mass is 9.71. The van der Waals surface area contributed by atoms with Gasteiger partial charge in [0.2, 0.25) is 6.79 Å². The Balaban J connectivity index is 1.40. The largest absolute Gasteiger partial charge is 0.497 e. The molecular formula is C30H27N3O5. The van der Waals surface area contributed by atoms with Gasteiger partial charge in [0, 0.05) is 41.1 Å². The summed E-state index contributed by atoms with van der Waals surface area (Å²) in [6.07, 6.45) is 4.25. The maximum Gasteiger partial charge on any atom is 0.254 e. The van der Waals surface area contributed by atoms with E-state index in [0.717, 1.165) is 22.6 Å². The summed E-state index contributed by atoms with van der Waals surface area (Å²) in [5.41, 5.74) is 5.12. The third kappa shape index (κ3) is 4.28. The van der Waals surface area contributed by atoms with E-state index in [2.05, 4.69) is 15.6 Å². The predicted molar refractivity (Wildman–Crippen MR) is 141 cm³/mol. The van der Waals surface area contributed by atoms with Crippen LogP contribution in [0, 0.1) is 0 Å². The Morgan fingerprint density at radius 3 is 2.61 bits per heavy atom. The average Bonchev–Trinajstić information content (AvgIpc) is 3.41. The molecule has 0 bridgehead atoms. The third-order valence-corrected chi connectivity index (χ3v) is 7.31. The molecule has 0 saturated heterocycles. The van der Waals surface area contributed by atoms with Gasteiger partial charge in [-0.25, -0.2) is 0 Å². The van der Waals surface area contributed by atoms with Gasteiger partial charge >= 0.3 is 0 Å². The zero-order chi connectivity index (χ0) is 26.2. The second-order valence-corrected chi connectivity index (χ2v) is 9.60. The summed E-state index contributed by atoms with van der Waals surface area (Å²) in [4.78, 5) is 31.6. The Morgan fingerprint density at radius 2 is 1.84 bits per heavy atom. The second-order valence-electron chi connectivity index (χ2n) is 9.60. The van der Waals surface area contributed by atoms with Crippen molar-refractivity contribution in [2.75, 3.05) is 19.2 Å². The number of amides is 1. The SMILES string of the molecule is COc1ccc(C2CC(=O)C3=C(C2)NC(C)=C(C(=O)Nc2cccnc2)C3c2ccc3c(c2)OCO3)cc1. The van der Waals surface area contributed by atoms with E-state index in [4.69, 9.17) is 14.2 Å². The summed E-state index contributed by atoms with van der Waals surface area (Å²) >= 11 is 0. The van der Waals surface area contributed by atoms with Crippen molar-refractivity contribution in [1.82, 2.24) is 10.3 Å². The molecule has 2 aromatic carbocycles. The molecule has 3 aromatic rings. The quantitative estimate of drug-likeness (QED) is 0.509. The van der Waals surface area contributed by atoms with Crippen LogP contribution in [-0.2, 0) is 9.59 Å². The molecule has 8 heteroatoms. The number of hydrogen-bond donors (Lipinski definition) is 2. The number of ketones is 1. The topological polar surface area (TPSA) is 98.8 Å². The molecule has 6 rings (SSSR count). The number of Topliss-reactive ketones (excluding diaryl/α,β-unsaturated/α-hetero) is 1. The number of nitrogens with zero attached hydrogens (tertiary/aromatic N) is 1. The van der Waals surface area contributed by atoms with Crippen LogP contribution in [0.5, 0.6) is 17.2 Å². The van der Waals surface area contributed by atoms with Crippen molar-refractivity contribution in [3.8, 4) is 17.2 Å². The van der Waals surface area contributed by atoms with E-state index < -0.39 is 5.92 Å². The highest BCUT2D eigenvalue weighted by molar-refractivity contribution is 6.10. The van der Waals surface area contributed by atoms with Crippen molar-refractivity contribution in [3.05, 3.63) is 101 Å². The lowest BCUT2D eigenvalue weighted by Gasteiger charge is -2.37. The summed E-state index contributed by atoms with van der Waals surface area (Å²) in [5.74, 6) is 1.22. The first kappa shape index (κ1) is 23.8. The number of fused-ring (bicyclic) bond motifs is 1. The van der Waals surface area contributed by atoms with Gasteiger partial charge in [-0.15, -0.1) is 0 Å². The molecule has 2 N–H and O–H groups in total. The van der Waals surface area contributed by atoms with Gasteiger partial charge in [0.15, 0.2) is 17.3 Å². The smallest absolute Gasteiger partial charge is 0.254 e. The molecule has 1 amide bonds. The molecule has 0 spiro atoms. The fourth-order valence-corrected chi connectivity index (χ4v) is 5.51. The van der Waals surface area contributed by atoms with Crippen LogP contribution >= 0.6 is 0 Å². The maximum absolute atomic E-state index is 13.8. The standard InChI is InChI=1S/C30H27N3O5/c1-17-27(30(35)33-21-4-3-11-31-15-21)28(19-7-10-25-26(14-19)38-16-37-25)29-23(32-17)12-20(13-24(29)34)18-5-8-22(36-2)9-6-18/h3-11,14-15,20,28,32H,12-13,16H2,1-2H3,(H,33,35). The Kier molecular flexibility index (Phi) is 6.07. The first-order chi connectivity index (χ1) is 18.5. The van der Waals surface area contributed by atoms with Crippen molar-refractivity contribution in [3.63, 3.8) is 0 Å². The van der Waals surface area contributed by atoms with Crippen molar-refractivity contribution in [1.29, 1.82) is 0 Å². The monoisotopic (exact) mass is 509 g/mol. The number of pyridine rings is 1. The molecule has 1 aliphatic carbocycles. The summed E-state index contributed by atoms with van der Waals surface area (Å²) in [7, 11) is 1.63. The summed E-state index contributed by atoms with van der Waals surface area (Å²) in [6.45, 7) is 2.02. The number of benzene rings is 2. The van der Waals surface area contributed by atoms with Crippen molar-refractivity contribution < 1.29 is 23.8 Å². The number of ether oxygens (including phenoxy) is 3. The van der Waals surface area contributed by atoms with E-state index in [-0.39, 0.29) is 24.4 Å². The van der Waals surface area contributed by atoms with Crippen LogP contribution in [0.3, 0.4) is 0 Å². The number of carbonyl (C=O) groups is 2. The molecule has 3 heterocycles. The molecule has 0 fully saturated rings. The van der Waals surface area contributed by atoms with Gasteiger partial charge in [0.1, 0.15) is 5.75 Å². The number of nitrogens with one attached hydrogen (secondary N) is 2. The van der Waals surface area contributed by atoms with Gasteiger partial charge in [-0.3, -0.25) is 14.6 Å². The first-order valence-electron chi connectivity index (χ1n) is 12.5. The fourth-order valence-electron chi connectivity index (χ4n) is 5.51. The molecule has 38 heavy (non-hydrogen) atoms. The highest BCUT2D eigenvalue weighted by atomic mass is 16.7. The van der Waals surface area contributed by atoms with Crippen molar-refractivity contribution in [2.24, 2.45) is 0 Å². The molecule has 2 aliphatic heterocycles. The minimum absolute atomic E-state index is 0.0152. The normalized spacial score (nSPS) is 20.1. The highest BCUT2D eigenvalue weighted by Gasteiger charge is 2.41. The van der Waals surface area contributed by atoms with Crippen LogP contribution in [0.25, 0.3) is 0 Å². The number of hydrogen-bond acceptors (Lipinski definition) is 7. The highest BCUT2D eigenvalue weighted by Crippen LogP contribution is 2.47. The summed E-state index contributed by atoms with van der Waals surface area (Å²) in [6, 6.07) is 17.0. The zero-order valence-electron chi connectivity index (χ0n) is 21.1. The molecular weight excluding hydrogens is 482 g/mol. The molecule has 0 saturated carbocycles. The molecule has 192 valence electrons. The van der Waals surface area contributed by atoms with Gasteiger partial charge in [-0.05, 0) is 66.8 Å². The Morgan fingerprint density at radius 1 is 1.05 bits per heavy atom. The number of allylic oxidation sites excluding steroid dienone is 3. The predicted octanol–water partition coefficient (Wildman–Crippen LogP) is 4.82. The van der Waals surface area contributed by atoms with E-state index in [1.54, 1.807) is 31.6 Å². The van der Waals surface area contributed by atoms with Gasteiger partial charge in [0.05, 0.1) is 19.0 Å². The van der Waals surface area contributed by atoms with Crippen LogP contribution in [0.1, 0.15) is 42.7 Å². The average molecular weight is 510 g/mol. The number of anilines is 1. The Bertz CT molecular complexity index is 1480. The van der Waals surface area contributed by atoms with Crippen LogP contribution in [-0.4, -0.2) is 30.6 Å². The van der Waals surface area contributed by atoms with Gasteiger partial charge in [0.25, 0.3) is 5.91 Å². The molecule has 8 nitrogen and oxygen atoms in total. The molecule has 2 atom stereocenters. The van der Waals surface area contributed by atoms with E-state index in [9.17, 15) is 9.59 Å². The summed E-state index contributed by atoms with van der Waals surface area (Å²) in [5, 5.41) is 6.37. The molecule has 2 unspecified atom stereocenters. The fraction of sp³-hybridized carbons (Fsp3) is 0.233. The third-order valence-electron chi connectivity index (χ3n) is 7.31. The van der Waals surface area contributed by atoms with Gasteiger partial charge in [-0.1, -0.05) is 18.2 Å². The Hall–Kier alpha value is -4.59. The van der Waals surface area contributed by atoms with E-state index in [1.807, 2.05) is 49.4 Å². The minimum atomic E-state index is -0.554. The number of methoxy groups -OCH3 is 1. The van der Waals surface area contributed by atoms with Crippen LogP contribution in [0.15, 0.2) is 89.5 Å². The van der Waals surface area contributed by atoms with E-state index in [1.165, 1.54) is 0 Å².